The molecule has 0 spiro atoms. The molecular weight excluding hydrogens is 356 g/mol. The molecule has 0 saturated heterocycles. The van der Waals surface area contributed by atoms with Gasteiger partial charge in [-0.1, -0.05) is 44.2 Å². The van der Waals surface area contributed by atoms with Crippen molar-refractivity contribution in [1.82, 2.24) is 5.32 Å². The lowest BCUT2D eigenvalue weighted by Crippen LogP contribution is -2.33. The normalized spacial score (nSPS) is 11.4. The molecule has 1 N–H and O–H groups in total. The van der Waals surface area contributed by atoms with Gasteiger partial charge in [-0.15, -0.1) is 0 Å². The van der Waals surface area contributed by atoms with Crippen molar-refractivity contribution < 1.29 is 19.1 Å². The van der Waals surface area contributed by atoms with Gasteiger partial charge in [0, 0.05) is 0 Å². The second kappa shape index (κ2) is 10.7. The minimum atomic E-state index is -0.639. The number of hydrogen-bond donors (Lipinski definition) is 1. The van der Waals surface area contributed by atoms with Crippen LogP contribution < -0.4 is 10.1 Å². The maximum atomic E-state index is 12.2. The van der Waals surface area contributed by atoms with Crippen LogP contribution >= 0.6 is 0 Å². The van der Waals surface area contributed by atoms with Crippen molar-refractivity contribution in [1.29, 1.82) is 5.26 Å². The monoisotopic (exact) mass is 380 g/mol. The standard InChI is InChI=1S/C22H24N2O4/c1-16(2)12-20(18-6-4-3-5-7-18)24-21(25)14-28-22(26)15-27-19-10-8-17(13-23)9-11-19/h3-11,16,20H,12,14-15H2,1-2H3,(H,24,25)/t20-/m1/s1. The summed E-state index contributed by atoms with van der Waals surface area (Å²) in [6.07, 6.45) is 0.783. The lowest BCUT2D eigenvalue weighted by atomic mass is 9.97. The fraction of sp³-hybridized carbons (Fsp3) is 0.318. The number of esters is 1. The van der Waals surface area contributed by atoms with Crippen molar-refractivity contribution in [2.24, 2.45) is 5.92 Å². The summed E-state index contributed by atoms with van der Waals surface area (Å²) in [5.74, 6) is -0.156. The van der Waals surface area contributed by atoms with E-state index in [4.69, 9.17) is 14.7 Å². The van der Waals surface area contributed by atoms with Crippen molar-refractivity contribution in [2.75, 3.05) is 13.2 Å². The molecule has 0 fully saturated rings. The Morgan fingerprint density at radius 3 is 2.32 bits per heavy atom. The summed E-state index contributed by atoms with van der Waals surface area (Å²) in [5, 5.41) is 11.7. The molecule has 1 atom stereocenters. The van der Waals surface area contributed by atoms with E-state index in [1.807, 2.05) is 36.4 Å². The first-order valence-electron chi connectivity index (χ1n) is 9.11. The molecule has 0 saturated carbocycles. The zero-order chi connectivity index (χ0) is 20.4. The highest BCUT2D eigenvalue weighted by Crippen LogP contribution is 2.21. The largest absolute Gasteiger partial charge is 0.482 e. The van der Waals surface area contributed by atoms with Crippen LogP contribution in [0.3, 0.4) is 0 Å². The second-order valence-electron chi connectivity index (χ2n) is 6.75. The number of carbonyl (C=O) groups is 2. The van der Waals surface area contributed by atoms with Crippen molar-refractivity contribution in [3.8, 4) is 11.8 Å². The van der Waals surface area contributed by atoms with Gasteiger partial charge < -0.3 is 14.8 Å². The number of nitriles is 1. The molecule has 2 aromatic carbocycles. The molecule has 0 aromatic heterocycles. The highest BCUT2D eigenvalue weighted by atomic mass is 16.6. The highest BCUT2D eigenvalue weighted by Gasteiger charge is 2.17. The average Bonchev–Trinajstić information content (AvgIpc) is 2.71. The van der Waals surface area contributed by atoms with E-state index < -0.39 is 5.97 Å². The fourth-order valence-electron chi connectivity index (χ4n) is 2.63. The van der Waals surface area contributed by atoms with Gasteiger partial charge in [-0.05, 0) is 42.2 Å². The molecule has 0 radical (unpaired) electrons. The van der Waals surface area contributed by atoms with Gasteiger partial charge in [0.1, 0.15) is 5.75 Å². The Kier molecular flexibility index (Phi) is 8.04. The average molecular weight is 380 g/mol. The number of rotatable bonds is 9. The van der Waals surface area contributed by atoms with E-state index in [9.17, 15) is 9.59 Å². The predicted octanol–water partition coefficient (Wildman–Crippen LogP) is 3.38. The van der Waals surface area contributed by atoms with E-state index >= 15 is 0 Å². The number of carbonyl (C=O) groups excluding carboxylic acids is 2. The Morgan fingerprint density at radius 2 is 1.71 bits per heavy atom. The van der Waals surface area contributed by atoms with E-state index in [0.717, 1.165) is 12.0 Å². The third kappa shape index (κ3) is 7.12. The lowest BCUT2D eigenvalue weighted by molar-refractivity contribution is -0.150. The first-order chi connectivity index (χ1) is 13.5. The Balaban J connectivity index is 1.79. The van der Waals surface area contributed by atoms with Crippen molar-refractivity contribution >= 4 is 11.9 Å². The second-order valence-corrected chi connectivity index (χ2v) is 6.75. The maximum absolute atomic E-state index is 12.2. The Labute approximate surface area is 165 Å². The van der Waals surface area contributed by atoms with Gasteiger partial charge in [0.2, 0.25) is 0 Å². The summed E-state index contributed by atoms with van der Waals surface area (Å²) < 4.78 is 10.3. The van der Waals surface area contributed by atoms with Crippen molar-refractivity contribution in [3.63, 3.8) is 0 Å². The van der Waals surface area contributed by atoms with Crippen LogP contribution in [0.1, 0.15) is 37.4 Å². The van der Waals surface area contributed by atoms with E-state index in [1.165, 1.54) is 0 Å². The summed E-state index contributed by atoms with van der Waals surface area (Å²) in [6.45, 7) is 3.50. The minimum Gasteiger partial charge on any atom is -0.482 e. The van der Waals surface area contributed by atoms with Crippen LogP contribution in [0.2, 0.25) is 0 Å². The van der Waals surface area contributed by atoms with Gasteiger partial charge in [0.15, 0.2) is 13.2 Å². The molecule has 1 amide bonds. The smallest absolute Gasteiger partial charge is 0.344 e. The van der Waals surface area contributed by atoms with E-state index in [1.54, 1.807) is 24.3 Å². The van der Waals surface area contributed by atoms with E-state index in [2.05, 4.69) is 19.2 Å². The van der Waals surface area contributed by atoms with E-state index in [0.29, 0.717) is 17.2 Å². The molecule has 6 nitrogen and oxygen atoms in total. The quantitative estimate of drug-likeness (QED) is 0.674. The molecule has 28 heavy (non-hydrogen) atoms. The number of nitrogens with zero attached hydrogens (tertiary/aromatic N) is 1. The first-order valence-corrected chi connectivity index (χ1v) is 9.11. The first kappa shape index (κ1) is 21.0. The van der Waals surface area contributed by atoms with Gasteiger partial charge in [0.05, 0.1) is 17.7 Å². The molecular formula is C22H24N2O4. The number of amides is 1. The molecule has 146 valence electrons. The molecule has 6 heteroatoms. The van der Waals surface area contributed by atoms with Crippen LogP contribution in [0.25, 0.3) is 0 Å². The fourth-order valence-corrected chi connectivity index (χ4v) is 2.63. The Bertz CT molecular complexity index is 811. The number of nitrogens with one attached hydrogen (secondary N) is 1. The topological polar surface area (TPSA) is 88.4 Å². The van der Waals surface area contributed by atoms with Gasteiger partial charge in [-0.25, -0.2) is 4.79 Å². The van der Waals surface area contributed by atoms with Gasteiger partial charge in [-0.3, -0.25) is 4.79 Å². The van der Waals surface area contributed by atoms with Crippen molar-refractivity contribution in [2.45, 2.75) is 26.3 Å². The summed E-state index contributed by atoms with van der Waals surface area (Å²) in [5.41, 5.74) is 1.51. The SMILES string of the molecule is CC(C)C[C@@H](NC(=O)COC(=O)COc1ccc(C#N)cc1)c1ccccc1. The van der Waals surface area contributed by atoms with Crippen molar-refractivity contribution in [3.05, 3.63) is 65.7 Å². The maximum Gasteiger partial charge on any atom is 0.344 e. The molecule has 0 heterocycles. The molecule has 0 aliphatic carbocycles. The zero-order valence-corrected chi connectivity index (χ0v) is 16.1. The van der Waals surface area contributed by atoms with Gasteiger partial charge in [0.25, 0.3) is 5.91 Å². The summed E-state index contributed by atoms with van der Waals surface area (Å²) in [7, 11) is 0. The highest BCUT2D eigenvalue weighted by molar-refractivity contribution is 5.81. The van der Waals surface area contributed by atoms with Gasteiger partial charge >= 0.3 is 5.97 Å². The van der Waals surface area contributed by atoms with Crippen LogP contribution in [0.5, 0.6) is 5.75 Å². The van der Waals surface area contributed by atoms with Crippen LogP contribution in [0, 0.1) is 17.2 Å². The molecule has 2 rings (SSSR count). The third-order valence-corrected chi connectivity index (χ3v) is 3.95. The number of hydrogen-bond acceptors (Lipinski definition) is 5. The molecule has 0 bridgehead atoms. The minimum absolute atomic E-state index is 0.137. The molecule has 0 aliphatic rings. The van der Waals surface area contributed by atoms with E-state index in [-0.39, 0.29) is 25.2 Å². The summed E-state index contributed by atoms with van der Waals surface area (Å²) in [6, 6.07) is 17.9. The predicted molar refractivity (Wildman–Crippen MR) is 104 cm³/mol. The summed E-state index contributed by atoms with van der Waals surface area (Å²) >= 11 is 0. The number of benzene rings is 2. The molecule has 0 unspecified atom stereocenters. The summed E-state index contributed by atoms with van der Waals surface area (Å²) in [4.78, 5) is 24.0. The van der Waals surface area contributed by atoms with Crippen LogP contribution in [0.4, 0.5) is 0 Å². The lowest BCUT2D eigenvalue weighted by Gasteiger charge is -2.21. The Morgan fingerprint density at radius 1 is 1.04 bits per heavy atom. The third-order valence-electron chi connectivity index (χ3n) is 3.95. The van der Waals surface area contributed by atoms with Crippen LogP contribution in [0.15, 0.2) is 54.6 Å². The van der Waals surface area contributed by atoms with Gasteiger partial charge in [-0.2, -0.15) is 5.26 Å². The van der Waals surface area contributed by atoms with Crippen LogP contribution in [-0.2, 0) is 14.3 Å². The zero-order valence-electron chi connectivity index (χ0n) is 16.1. The van der Waals surface area contributed by atoms with Crippen LogP contribution in [-0.4, -0.2) is 25.1 Å². The molecule has 2 aromatic rings. The Hall–Kier alpha value is -3.33. The molecule has 0 aliphatic heterocycles. The number of ether oxygens (including phenoxy) is 2.